The summed E-state index contributed by atoms with van der Waals surface area (Å²) in [4.78, 5) is 52.0. The van der Waals surface area contributed by atoms with Crippen molar-refractivity contribution in [1.29, 1.82) is 0 Å². The van der Waals surface area contributed by atoms with Crippen molar-refractivity contribution in [3.8, 4) is 0 Å². The van der Waals surface area contributed by atoms with Crippen LogP contribution in [0.5, 0.6) is 0 Å². The molecule has 0 aromatic rings. The fraction of sp³-hybridized carbons (Fsp3) is 0.760. The molecule has 4 fully saturated rings. The lowest BCUT2D eigenvalue weighted by Crippen LogP contribution is -2.71. The first kappa shape index (κ1) is 33.6. The number of nitrogens with zero attached hydrogens (tertiary/aromatic N) is 1. The molecule has 0 radical (unpaired) electrons. The molecule has 6 atom stereocenters. The first-order valence-electron chi connectivity index (χ1n) is 13.3. The maximum absolute atomic E-state index is 15.1. The van der Waals surface area contributed by atoms with Gasteiger partial charge in [-0.15, -0.1) is 0 Å². The van der Waals surface area contributed by atoms with E-state index in [1.54, 1.807) is 5.32 Å². The smallest absolute Gasteiger partial charge is 0.356 e. The molecule has 42 heavy (non-hydrogen) atoms. The number of nitrogens with one attached hydrogen (secondary N) is 3. The Morgan fingerprint density at radius 3 is 2.21 bits per heavy atom. The van der Waals surface area contributed by atoms with Crippen molar-refractivity contribution in [3.63, 3.8) is 0 Å². The second-order valence-corrected chi connectivity index (χ2v) is 14.1. The highest BCUT2D eigenvalue weighted by Gasteiger charge is 2.61. The number of alkyl halides is 5. The molecule has 10 nitrogen and oxygen atoms in total. The highest BCUT2D eigenvalue weighted by atomic mass is 32.2. The number of carbonyl (C=O) groups is 4. The number of hydrogen-bond donors (Lipinski definition) is 3. The normalized spacial score (nSPS) is 27.7. The van der Waals surface area contributed by atoms with Gasteiger partial charge in [0, 0.05) is 31.2 Å². The van der Waals surface area contributed by atoms with Crippen LogP contribution in [0.3, 0.4) is 0 Å². The number of sulfone groups is 1. The van der Waals surface area contributed by atoms with E-state index in [4.69, 9.17) is 0 Å². The largest absolute Gasteiger partial charge is 0.471 e. The third kappa shape index (κ3) is 7.37. The molecule has 0 aromatic carbocycles. The predicted molar refractivity (Wildman–Crippen MR) is 136 cm³/mol. The summed E-state index contributed by atoms with van der Waals surface area (Å²) in [5.74, 6) is -11.3. The lowest BCUT2D eigenvalue weighted by atomic mass is 9.70. The Hall–Kier alpha value is -2.85. The van der Waals surface area contributed by atoms with Crippen LogP contribution < -0.4 is 16.0 Å². The third-order valence-corrected chi connectivity index (χ3v) is 8.66. The number of fused-ring (bicyclic) bond motifs is 3. The van der Waals surface area contributed by atoms with Crippen molar-refractivity contribution in [1.82, 2.24) is 20.9 Å². The summed E-state index contributed by atoms with van der Waals surface area (Å²) in [7, 11) is -4.38. The van der Waals surface area contributed by atoms with E-state index in [0.717, 1.165) is 4.90 Å². The second kappa shape index (κ2) is 11.7. The van der Waals surface area contributed by atoms with Crippen LogP contribution in [0.4, 0.5) is 26.3 Å². The van der Waals surface area contributed by atoms with Crippen LogP contribution in [0, 0.1) is 17.3 Å². The Labute approximate surface area is 238 Å². The first-order valence-corrected chi connectivity index (χ1v) is 15.2. The minimum absolute atomic E-state index is 0.00808. The van der Waals surface area contributed by atoms with Gasteiger partial charge < -0.3 is 20.9 Å². The van der Waals surface area contributed by atoms with Gasteiger partial charge in [0.05, 0.1) is 12.0 Å². The Morgan fingerprint density at radius 2 is 1.74 bits per heavy atom. The molecule has 1 saturated carbocycles. The fourth-order valence-electron chi connectivity index (χ4n) is 5.73. The molecule has 238 valence electrons. The van der Waals surface area contributed by atoms with Crippen LogP contribution in [0.2, 0.25) is 0 Å². The fourth-order valence-corrected chi connectivity index (χ4v) is 6.14. The molecule has 3 aliphatic heterocycles. The summed E-state index contributed by atoms with van der Waals surface area (Å²) in [5, 5.41) is 4.81. The molecule has 4 rings (SSSR count). The monoisotopic (exact) mass is 632 g/mol. The quantitative estimate of drug-likeness (QED) is 0.350. The van der Waals surface area contributed by atoms with Gasteiger partial charge >= 0.3 is 12.1 Å². The summed E-state index contributed by atoms with van der Waals surface area (Å²) in [6, 6.07) is -6.56. The van der Waals surface area contributed by atoms with E-state index in [2.05, 4.69) is 10.6 Å². The van der Waals surface area contributed by atoms with Gasteiger partial charge in [-0.1, -0.05) is 20.8 Å². The van der Waals surface area contributed by atoms with Gasteiger partial charge in [-0.2, -0.15) is 17.6 Å². The minimum atomic E-state index is -5.36. The van der Waals surface area contributed by atoms with Crippen molar-refractivity contribution in [2.75, 3.05) is 12.8 Å². The maximum Gasteiger partial charge on any atom is 0.471 e. The lowest BCUT2D eigenvalue weighted by molar-refractivity contribution is -0.197. The van der Waals surface area contributed by atoms with E-state index in [9.17, 15) is 45.2 Å². The van der Waals surface area contributed by atoms with Crippen molar-refractivity contribution < 1.29 is 53.9 Å². The molecule has 0 spiro atoms. The summed E-state index contributed by atoms with van der Waals surface area (Å²) < 4.78 is 107. The standard InChI is InChI=1S/C25H34F6N4O6S/c1-23(2,3)18(34-22(39)25(29,30)31)21(38)35-14-5-6-15(24(27,28)11-14)17(35)20(37)33-13(10-16(26)42(4,40)41)9-12-7-8-32-19(12)36/h10,12-15,17-18H,5-9,11H2,1-4H3,(H,32,36)(H,33,37)(H,34,39)/b16-10+/t12-,13-,14+,15+,17-,18+/m0/s1. The van der Waals surface area contributed by atoms with Crippen molar-refractivity contribution in [2.45, 2.75) is 89.1 Å². The minimum Gasteiger partial charge on any atom is -0.356 e. The Balaban J connectivity index is 2.00. The average Bonchev–Trinajstić information content (AvgIpc) is 3.22. The van der Waals surface area contributed by atoms with Crippen LogP contribution in [-0.2, 0) is 29.0 Å². The van der Waals surface area contributed by atoms with Gasteiger partial charge in [-0.25, -0.2) is 17.2 Å². The molecule has 3 N–H and O–H groups in total. The van der Waals surface area contributed by atoms with E-state index in [0.29, 0.717) is 12.3 Å². The van der Waals surface area contributed by atoms with Gasteiger partial charge in [0.1, 0.15) is 12.1 Å². The molecule has 0 unspecified atom stereocenters. The molecule has 2 bridgehead atoms. The number of piperidine rings is 2. The Bertz CT molecular complexity index is 1250. The van der Waals surface area contributed by atoms with Gasteiger partial charge in [0.2, 0.25) is 32.7 Å². The van der Waals surface area contributed by atoms with E-state index in [1.165, 1.54) is 20.8 Å². The number of amides is 4. The summed E-state index contributed by atoms with van der Waals surface area (Å²) in [5.41, 5.74) is -1.35. The topological polar surface area (TPSA) is 142 Å². The Morgan fingerprint density at radius 1 is 1.12 bits per heavy atom. The zero-order chi connectivity index (χ0) is 32.0. The number of rotatable bonds is 8. The zero-order valence-electron chi connectivity index (χ0n) is 23.4. The summed E-state index contributed by atoms with van der Waals surface area (Å²) in [6.07, 6.45) is -5.38. The number of halogens is 6. The molecule has 3 saturated heterocycles. The van der Waals surface area contributed by atoms with E-state index in [1.807, 2.05) is 0 Å². The SMILES string of the molecule is CC(C)(C)[C@H](NC(=O)C(F)(F)F)C(=O)N1[C@@H]2CC[C@H]([C@H]1C(=O)N[C@H](/C=C(\F)S(C)(=O)=O)C[C@@H]1CCNC1=O)C(F)(F)C2. The second-order valence-electron chi connectivity index (χ2n) is 12.1. The molecular formula is C25H34F6N4O6S. The molecule has 3 heterocycles. The van der Waals surface area contributed by atoms with Crippen LogP contribution in [-0.4, -0.2) is 86.0 Å². The van der Waals surface area contributed by atoms with Gasteiger partial charge in [0.25, 0.3) is 5.92 Å². The van der Waals surface area contributed by atoms with Gasteiger partial charge in [-0.05, 0) is 37.2 Å². The summed E-state index contributed by atoms with van der Waals surface area (Å²) >= 11 is 0. The molecule has 1 aliphatic carbocycles. The van der Waals surface area contributed by atoms with Crippen LogP contribution in [0.1, 0.15) is 52.9 Å². The zero-order valence-corrected chi connectivity index (χ0v) is 24.2. The highest BCUT2D eigenvalue weighted by molar-refractivity contribution is 7.94. The van der Waals surface area contributed by atoms with E-state index < -0.39 is 98.6 Å². The maximum atomic E-state index is 15.1. The third-order valence-electron chi connectivity index (χ3n) is 7.82. The van der Waals surface area contributed by atoms with Crippen molar-refractivity contribution in [2.24, 2.45) is 17.3 Å². The average molecular weight is 633 g/mol. The van der Waals surface area contributed by atoms with Crippen LogP contribution in [0.15, 0.2) is 11.2 Å². The molecular weight excluding hydrogens is 598 g/mol. The lowest BCUT2D eigenvalue weighted by Gasteiger charge is -2.55. The molecule has 0 aromatic heterocycles. The van der Waals surface area contributed by atoms with Crippen LogP contribution in [0.25, 0.3) is 0 Å². The molecule has 4 aliphatic rings. The van der Waals surface area contributed by atoms with Crippen molar-refractivity contribution >= 4 is 33.5 Å². The van der Waals surface area contributed by atoms with Gasteiger partial charge in [-0.3, -0.25) is 19.2 Å². The number of hydrogen-bond acceptors (Lipinski definition) is 6. The van der Waals surface area contributed by atoms with E-state index in [-0.39, 0.29) is 32.2 Å². The number of carbonyl (C=O) groups excluding carboxylic acids is 4. The Kier molecular flexibility index (Phi) is 9.36. The predicted octanol–water partition coefficient (Wildman–Crippen LogP) is 1.96. The first-order chi connectivity index (χ1) is 19.0. The molecule has 4 amide bonds. The molecule has 17 heteroatoms. The summed E-state index contributed by atoms with van der Waals surface area (Å²) in [6.45, 7) is 4.31. The van der Waals surface area contributed by atoms with Crippen molar-refractivity contribution in [3.05, 3.63) is 11.2 Å². The van der Waals surface area contributed by atoms with Crippen LogP contribution >= 0.6 is 0 Å². The highest BCUT2D eigenvalue weighted by Crippen LogP contribution is 2.49. The van der Waals surface area contributed by atoms with E-state index >= 15 is 8.78 Å². The van der Waals surface area contributed by atoms with Gasteiger partial charge in [0.15, 0.2) is 0 Å².